The first-order valence-corrected chi connectivity index (χ1v) is 10.4. The fraction of sp³-hybridized carbons (Fsp3) is 0.227. The third-order valence-corrected chi connectivity index (χ3v) is 5.17. The Kier molecular flexibility index (Phi) is 5.23. The summed E-state index contributed by atoms with van der Waals surface area (Å²) in [7, 11) is 3.54. The van der Waals surface area contributed by atoms with E-state index in [0.717, 1.165) is 22.5 Å². The zero-order valence-electron chi connectivity index (χ0n) is 18.6. The van der Waals surface area contributed by atoms with E-state index in [1.807, 2.05) is 66.0 Å². The number of nitrogens with zero attached hydrogens (tertiary/aromatic N) is 8. The number of nitrogen functional groups attached to an aromatic ring is 1. The first kappa shape index (κ1) is 20.6. The number of anilines is 3. The minimum atomic E-state index is 0.395. The van der Waals surface area contributed by atoms with Crippen LogP contribution in [0.5, 0.6) is 0 Å². The second-order valence-corrected chi connectivity index (χ2v) is 7.66. The summed E-state index contributed by atoms with van der Waals surface area (Å²) in [6.07, 6.45) is 7.72. The molecule has 3 N–H and O–H groups in total. The third kappa shape index (κ3) is 4.13. The predicted molar refractivity (Wildman–Crippen MR) is 125 cm³/mol. The summed E-state index contributed by atoms with van der Waals surface area (Å²) in [6.45, 7) is 3.10. The van der Waals surface area contributed by atoms with E-state index in [-0.39, 0.29) is 0 Å². The van der Waals surface area contributed by atoms with Gasteiger partial charge in [0.15, 0.2) is 11.6 Å². The lowest BCUT2D eigenvalue weighted by Gasteiger charge is -2.08. The molecular weight excluding hydrogens is 420 g/mol. The van der Waals surface area contributed by atoms with Crippen LogP contribution in [0.2, 0.25) is 0 Å². The standard InChI is InChI=1S/C22H24N10O/c1-14-25-17(10-18(23)26-14)21-22(27-19-6-7-30(2)29-19)28-20-5-4-15(13-32(20)21)16-11-24-31(12-16)8-9-33-3/h4-7,10-13H,8-9H2,1-3H3,(H,27,29)(H2,23,25,26). The smallest absolute Gasteiger partial charge is 0.160 e. The van der Waals surface area contributed by atoms with Crippen LogP contribution in [-0.2, 0) is 18.3 Å². The van der Waals surface area contributed by atoms with Gasteiger partial charge in [0.2, 0.25) is 0 Å². The number of aryl methyl sites for hydroxylation is 2. The van der Waals surface area contributed by atoms with Gasteiger partial charge < -0.3 is 15.8 Å². The number of nitrogens with two attached hydrogens (primary N) is 1. The summed E-state index contributed by atoms with van der Waals surface area (Å²) in [5, 5.41) is 12.2. The lowest BCUT2D eigenvalue weighted by atomic mass is 10.1. The molecule has 0 radical (unpaired) electrons. The summed E-state index contributed by atoms with van der Waals surface area (Å²) in [4.78, 5) is 13.6. The Balaban J connectivity index is 1.64. The van der Waals surface area contributed by atoms with Gasteiger partial charge in [-0.1, -0.05) is 0 Å². The normalized spacial score (nSPS) is 11.4. The monoisotopic (exact) mass is 444 g/mol. The molecule has 0 amide bonds. The van der Waals surface area contributed by atoms with Crippen molar-refractivity contribution in [3.63, 3.8) is 0 Å². The van der Waals surface area contributed by atoms with Crippen LogP contribution < -0.4 is 11.1 Å². The van der Waals surface area contributed by atoms with Crippen molar-refractivity contribution >= 4 is 23.1 Å². The maximum absolute atomic E-state index is 6.04. The highest BCUT2D eigenvalue weighted by Crippen LogP contribution is 2.32. The quantitative estimate of drug-likeness (QED) is 0.392. The average molecular weight is 445 g/mol. The van der Waals surface area contributed by atoms with Crippen molar-refractivity contribution in [2.24, 2.45) is 7.05 Å². The van der Waals surface area contributed by atoms with E-state index < -0.39 is 0 Å². The van der Waals surface area contributed by atoms with E-state index in [4.69, 9.17) is 15.5 Å². The Morgan fingerprint density at radius 3 is 2.73 bits per heavy atom. The van der Waals surface area contributed by atoms with E-state index in [0.29, 0.717) is 42.1 Å². The van der Waals surface area contributed by atoms with E-state index in [1.165, 1.54) is 0 Å². The van der Waals surface area contributed by atoms with Gasteiger partial charge >= 0.3 is 0 Å². The zero-order chi connectivity index (χ0) is 22.9. The van der Waals surface area contributed by atoms with Gasteiger partial charge in [0.25, 0.3) is 0 Å². The molecule has 5 rings (SSSR count). The summed E-state index contributed by atoms with van der Waals surface area (Å²) in [5.74, 6) is 2.28. The minimum Gasteiger partial charge on any atom is -0.384 e. The van der Waals surface area contributed by atoms with Crippen LogP contribution in [0.15, 0.2) is 49.1 Å². The van der Waals surface area contributed by atoms with Crippen molar-refractivity contribution in [1.82, 2.24) is 38.9 Å². The lowest BCUT2D eigenvalue weighted by Crippen LogP contribution is -2.03. The Morgan fingerprint density at radius 2 is 1.97 bits per heavy atom. The zero-order valence-corrected chi connectivity index (χ0v) is 18.6. The number of hydrogen-bond donors (Lipinski definition) is 2. The summed E-state index contributed by atoms with van der Waals surface area (Å²) in [6, 6.07) is 7.61. The van der Waals surface area contributed by atoms with Crippen LogP contribution in [0, 0.1) is 6.92 Å². The predicted octanol–water partition coefficient (Wildman–Crippen LogP) is 2.67. The van der Waals surface area contributed by atoms with Gasteiger partial charge in [-0.25, -0.2) is 15.0 Å². The van der Waals surface area contributed by atoms with Gasteiger partial charge in [-0.2, -0.15) is 10.2 Å². The van der Waals surface area contributed by atoms with Gasteiger partial charge in [0.05, 0.1) is 25.0 Å². The van der Waals surface area contributed by atoms with Gasteiger partial charge in [0.1, 0.15) is 23.0 Å². The molecule has 168 valence electrons. The topological polar surface area (TPSA) is 126 Å². The SMILES string of the molecule is COCCn1cc(-c2ccc3nc(Nc4ccn(C)n4)c(-c4cc(N)nc(C)n4)n3c2)cn1. The molecule has 0 fully saturated rings. The molecule has 0 saturated heterocycles. The molecule has 5 aromatic heterocycles. The van der Waals surface area contributed by atoms with Gasteiger partial charge in [-0.15, -0.1) is 0 Å². The number of pyridine rings is 1. The van der Waals surface area contributed by atoms with Crippen LogP contribution >= 0.6 is 0 Å². The third-order valence-electron chi connectivity index (χ3n) is 5.17. The van der Waals surface area contributed by atoms with Crippen molar-refractivity contribution in [2.45, 2.75) is 13.5 Å². The Morgan fingerprint density at radius 1 is 1.09 bits per heavy atom. The molecule has 5 aromatic rings. The molecular formula is C22H24N10O. The number of nitrogens with one attached hydrogen (secondary N) is 1. The Labute approximate surface area is 189 Å². The van der Waals surface area contributed by atoms with Crippen LogP contribution in [0.25, 0.3) is 28.2 Å². The molecule has 5 heterocycles. The highest BCUT2D eigenvalue weighted by Gasteiger charge is 2.18. The van der Waals surface area contributed by atoms with Gasteiger partial charge in [-0.3, -0.25) is 13.8 Å². The molecule has 0 aromatic carbocycles. The molecule has 0 saturated carbocycles. The maximum atomic E-state index is 6.04. The largest absolute Gasteiger partial charge is 0.384 e. The molecule has 33 heavy (non-hydrogen) atoms. The molecule has 0 aliphatic rings. The first-order chi connectivity index (χ1) is 16.0. The van der Waals surface area contributed by atoms with E-state index in [2.05, 4.69) is 25.5 Å². The molecule has 0 spiro atoms. The minimum absolute atomic E-state index is 0.395. The number of rotatable bonds is 7. The van der Waals surface area contributed by atoms with E-state index in [1.54, 1.807) is 17.9 Å². The fourth-order valence-corrected chi connectivity index (χ4v) is 3.68. The molecule has 0 aliphatic heterocycles. The number of hydrogen-bond acceptors (Lipinski definition) is 8. The molecule has 0 unspecified atom stereocenters. The molecule has 11 heteroatoms. The summed E-state index contributed by atoms with van der Waals surface area (Å²) in [5.41, 5.74) is 10.2. The van der Waals surface area contributed by atoms with Crippen molar-refractivity contribution in [1.29, 1.82) is 0 Å². The molecule has 11 nitrogen and oxygen atoms in total. The van der Waals surface area contributed by atoms with Crippen molar-refractivity contribution in [3.8, 4) is 22.5 Å². The first-order valence-electron chi connectivity index (χ1n) is 10.4. The van der Waals surface area contributed by atoms with E-state index in [9.17, 15) is 0 Å². The number of aromatic nitrogens is 8. The average Bonchev–Trinajstić information content (AvgIpc) is 3.49. The number of fused-ring (bicyclic) bond motifs is 1. The second-order valence-electron chi connectivity index (χ2n) is 7.66. The van der Waals surface area contributed by atoms with Crippen LogP contribution in [0.3, 0.4) is 0 Å². The van der Waals surface area contributed by atoms with Crippen molar-refractivity contribution in [2.75, 3.05) is 24.8 Å². The number of methoxy groups -OCH3 is 1. The van der Waals surface area contributed by atoms with E-state index >= 15 is 0 Å². The summed E-state index contributed by atoms with van der Waals surface area (Å²) >= 11 is 0. The van der Waals surface area contributed by atoms with Crippen molar-refractivity contribution in [3.05, 3.63) is 54.9 Å². The van der Waals surface area contributed by atoms with Crippen LogP contribution in [0.4, 0.5) is 17.5 Å². The molecule has 0 atom stereocenters. The highest BCUT2D eigenvalue weighted by atomic mass is 16.5. The Hall–Kier alpha value is -4.25. The van der Waals surface area contributed by atoms with Crippen molar-refractivity contribution < 1.29 is 4.74 Å². The Bertz CT molecular complexity index is 1410. The maximum Gasteiger partial charge on any atom is 0.160 e. The van der Waals surface area contributed by atoms with Gasteiger partial charge in [-0.05, 0) is 19.1 Å². The fourth-order valence-electron chi connectivity index (χ4n) is 3.68. The second kappa shape index (κ2) is 8.36. The lowest BCUT2D eigenvalue weighted by molar-refractivity contribution is 0.183. The van der Waals surface area contributed by atoms with Crippen LogP contribution in [-0.4, -0.2) is 52.6 Å². The summed E-state index contributed by atoms with van der Waals surface area (Å²) < 4.78 is 10.7. The number of imidazole rings is 1. The number of ether oxygens (including phenoxy) is 1. The van der Waals surface area contributed by atoms with Crippen LogP contribution in [0.1, 0.15) is 5.82 Å². The van der Waals surface area contributed by atoms with Gasteiger partial charge in [0, 0.05) is 56.0 Å². The highest BCUT2D eigenvalue weighted by molar-refractivity contribution is 5.79. The molecule has 0 bridgehead atoms. The molecule has 0 aliphatic carbocycles.